The molecule has 2 aromatic rings. The molecule has 2 N–H and O–H groups in total. The quantitative estimate of drug-likeness (QED) is 0.698. The fourth-order valence-corrected chi connectivity index (χ4v) is 1.78. The minimum atomic E-state index is 0.806. The Hall–Kier alpha value is -1.02. The van der Waals surface area contributed by atoms with Crippen molar-refractivity contribution in [2.45, 2.75) is 13.8 Å². The molecule has 0 bridgehead atoms. The van der Waals surface area contributed by atoms with Crippen LogP contribution in [0.3, 0.4) is 0 Å². The minimum Gasteiger partial charge on any atom is -0.399 e. The number of halogens is 1. The first-order valence-corrected chi connectivity index (χ1v) is 5.50. The lowest BCUT2D eigenvalue weighted by molar-refractivity contribution is 1.50. The lowest BCUT2D eigenvalue weighted by Gasteiger charge is -2.00. The molecule has 1 nitrogen and oxygen atoms in total. The van der Waals surface area contributed by atoms with Crippen molar-refractivity contribution in [1.29, 1.82) is 0 Å². The molecule has 0 aromatic heterocycles. The summed E-state index contributed by atoms with van der Waals surface area (Å²) >= 11 is 3.48. The summed E-state index contributed by atoms with van der Waals surface area (Å²) in [6.45, 7) is 4.00. The second kappa shape index (κ2) is 5.01. The average Bonchev–Trinajstić information content (AvgIpc) is 2.21. The van der Waals surface area contributed by atoms with E-state index in [-0.39, 0.29) is 0 Å². The standard InChI is InChI=1S/C10H8BrN.C2H6/c11-10-3-1-2-7-6-8(12)4-5-9(7)10;1-2/h1-6H,12H2;1-2H3. The van der Waals surface area contributed by atoms with Crippen molar-refractivity contribution in [2.24, 2.45) is 0 Å². The highest BCUT2D eigenvalue weighted by atomic mass is 79.9. The third-order valence-electron chi connectivity index (χ3n) is 1.85. The number of hydrogen-bond acceptors (Lipinski definition) is 1. The van der Waals surface area contributed by atoms with E-state index in [0.29, 0.717) is 0 Å². The third-order valence-corrected chi connectivity index (χ3v) is 2.54. The van der Waals surface area contributed by atoms with Crippen molar-refractivity contribution in [3.63, 3.8) is 0 Å². The first-order chi connectivity index (χ1) is 6.77. The Bertz CT molecular complexity index is 424. The predicted molar refractivity (Wildman–Crippen MR) is 67.4 cm³/mol. The molecule has 0 unspecified atom stereocenters. The summed E-state index contributed by atoms with van der Waals surface area (Å²) < 4.78 is 1.11. The largest absolute Gasteiger partial charge is 0.399 e. The van der Waals surface area contributed by atoms with E-state index in [9.17, 15) is 0 Å². The van der Waals surface area contributed by atoms with E-state index < -0.39 is 0 Å². The Kier molecular flexibility index (Phi) is 3.96. The SMILES string of the molecule is CC.Nc1ccc2c(Br)cccc2c1. The van der Waals surface area contributed by atoms with E-state index in [2.05, 4.69) is 22.0 Å². The van der Waals surface area contributed by atoms with Crippen LogP contribution in [0.4, 0.5) is 5.69 Å². The van der Waals surface area contributed by atoms with Crippen molar-refractivity contribution >= 4 is 32.4 Å². The van der Waals surface area contributed by atoms with Crippen LogP contribution >= 0.6 is 15.9 Å². The molecule has 74 valence electrons. The first-order valence-electron chi connectivity index (χ1n) is 4.71. The number of fused-ring (bicyclic) bond motifs is 1. The Balaban J connectivity index is 0.000000461. The number of hydrogen-bond donors (Lipinski definition) is 1. The second-order valence-corrected chi connectivity index (χ2v) is 3.57. The van der Waals surface area contributed by atoms with Crippen LogP contribution in [-0.4, -0.2) is 0 Å². The molecule has 0 spiro atoms. The maximum atomic E-state index is 5.66. The van der Waals surface area contributed by atoms with Crippen LogP contribution in [-0.2, 0) is 0 Å². The summed E-state index contributed by atoms with van der Waals surface area (Å²) in [6.07, 6.45) is 0. The van der Waals surface area contributed by atoms with Gasteiger partial charge in [-0.15, -0.1) is 0 Å². The summed E-state index contributed by atoms with van der Waals surface area (Å²) in [5.41, 5.74) is 6.46. The molecule has 2 rings (SSSR count). The maximum absolute atomic E-state index is 5.66. The number of anilines is 1. The highest BCUT2D eigenvalue weighted by molar-refractivity contribution is 9.10. The molecule has 0 radical (unpaired) electrons. The summed E-state index contributed by atoms with van der Waals surface area (Å²) in [5.74, 6) is 0. The average molecular weight is 252 g/mol. The van der Waals surface area contributed by atoms with Crippen molar-refractivity contribution in [3.8, 4) is 0 Å². The second-order valence-electron chi connectivity index (χ2n) is 2.72. The summed E-state index contributed by atoms with van der Waals surface area (Å²) in [6, 6.07) is 12.0. The van der Waals surface area contributed by atoms with Crippen molar-refractivity contribution in [1.82, 2.24) is 0 Å². The van der Waals surface area contributed by atoms with Crippen LogP contribution < -0.4 is 5.73 Å². The third kappa shape index (κ3) is 2.26. The predicted octanol–water partition coefficient (Wildman–Crippen LogP) is 4.21. The van der Waals surface area contributed by atoms with Gasteiger partial charge < -0.3 is 5.73 Å². The van der Waals surface area contributed by atoms with Gasteiger partial charge >= 0.3 is 0 Å². The minimum absolute atomic E-state index is 0.806. The van der Waals surface area contributed by atoms with Gasteiger partial charge in [-0.2, -0.15) is 0 Å². The molecule has 0 saturated carbocycles. The van der Waals surface area contributed by atoms with Gasteiger partial charge in [-0.3, -0.25) is 0 Å². The van der Waals surface area contributed by atoms with Crippen LogP contribution in [0.15, 0.2) is 40.9 Å². The fraction of sp³-hybridized carbons (Fsp3) is 0.167. The topological polar surface area (TPSA) is 26.0 Å². The molecule has 0 amide bonds. The zero-order chi connectivity index (χ0) is 10.6. The van der Waals surface area contributed by atoms with Gasteiger partial charge in [-0.1, -0.05) is 48.0 Å². The lowest BCUT2D eigenvalue weighted by atomic mass is 10.1. The zero-order valence-corrected chi connectivity index (χ0v) is 10.0. The highest BCUT2D eigenvalue weighted by Crippen LogP contribution is 2.24. The van der Waals surface area contributed by atoms with Gasteiger partial charge in [-0.05, 0) is 29.0 Å². The van der Waals surface area contributed by atoms with Gasteiger partial charge in [0.15, 0.2) is 0 Å². The first kappa shape index (κ1) is 11.1. The van der Waals surface area contributed by atoms with E-state index in [1.807, 2.05) is 44.2 Å². The van der Waals surface area contributed by atoms with Crippen LogP contribution in [0.25, 0.3) is 10.8 Å². The Morgan fingerprint density at radius 1 is 1.07 bits per heavy atom. The molecule has 0 atom stereocenters. The molecular weight excluding hydrogens is 238 g/mol. The molecule has 14 heavy (non-hydrogen) atoms. The smallest absolute Gasteiger partial charge is 0.0320 e. The Morgan fingerprint density at radius 3 is 2.50 bits per heavy atom. The molecule has 0 aliphatic rings. The van der Waals surface area contributed by atoms with Gasteiger partial charge in [0.2, 0.25) is 0 Å². The van der Waals surface area contributed by atoms with Gasteiger partial charge in [0.1, 0.15) is 0 Å². The number of nitrogen functional groups attached to an aromatic ring is 1. The van der Waals surface area contributed by atoms with Crippen LogP contribution in [0.2, 0.25) is 0 Å². The normalized spacial score (nSPS) is 9.36. The van der Waals surface area contributed by atoms with E-state index in [0.717, 1.165) is 10.2 Å². The number of benzene rings is 2. The van der Waals surface area contributed by atoms with E-state index in [1.165, 1.54) is 10.8 Å². The van der Waals surface area contributed by atoms with Crippen molar-refractivity contribution < 1.29 is 0 Å². The molecule has 0 saturated heterocycles. The molecule has 2 aromatic carbocycles. The Labute approximate surface area is 93.1 Å². The molecule has 0 aliphatic heterocycles. The van der Waals surface area contributed by atoms with Gasteiger partial charge in [0, 0.05) is 10.2 Å². The molecule has 0 heterocycles. The molecule has 0 fully saturated rings. The summed E-state index contributed by atoms with van der Waals surface area (Å²) in [5, 5.41) is 2.37. The van der Waals surface area contributed by atoms with Crippen LogP contribution in [0, 0.1) is 0 Å². The maximum Gasteiger partial charge on any atom is 0.0320 e. The Morgan fingerprint density at radius 2 is 1.79 bits per heavy atom. The monoisotopic (exact) mass is 251 g/mol. The van der Waals surface area contributed by atoms with Gasteiger partial charge in [0.05, 0.1) is 0 Å². The fourth-order valence-electron chi connectivity index (χ4n) is 1.26. The molecule has 0 aliphatic carbocycles. The number of nitrogens with two attached hydrogens (primary N) is 1. The molecular formula is C12H14BrN. The lowest BCUT2D eigenvalue weighted by Crippen LogP contribution is -1.83. The summed E-state index contributed by atoms with van der Waals surface area (Å²) in [7, 11) is 0. The van der Waals surface area contributed by atoms with E-state index >= 15 is 0 Å². The molecule has 2 heteroatoms. The van der Waals surface area contributed by atoms with Crippen molar-refractivity contribution in [3.05, 3.63) is 40.9 Å². The van der Waals surface area contributed by atoms with Gasteiger partial charge in [0.25, 0.3) is 0 Å². The van der Waals surface area contributed by atoms with E-state index in [4.69, 9.17) is 5.73 Å². The number of rotatable bonds is 0. The summed E-state index contributed by atoms with van der Waals surface area (Å²) in [4.78, 5) is 0. The zero-order valence-electron chi connectivity index (χ0n) is 8.42. The van der Waals surface area contributed by atoms with Gasteiger partial charge in [-0.25, -0.2) is 0 Å². The van der Waals surface area contributed by atoms with Crippen molar-refractivity contribution in [2.75, 3.05) is 5.73 Å². The van der Waals surface area contributed by atoms with E-state index in [1.54, 1.807) is 0 Å². The highest BCUT2D eigenvalue weighted by Gasteiger charge is 1.96. The van der Waals surface area contributed by atoms with Crippen LogP contribution in [0.1, 0.15) is 13.8 Å². The van der Waals surface area contributed by atoms with Crippen LogP contribution in [0.5, 0.6) is 0 Å².